The second-order valence-corrected chi connectivity index (χ2v) is 3.72. The zero-order valence-electron chi connectivity index (χ0n) is 9.30. The van der Waals surface area contributed by atoms with Crippen molar-refractivity contribution in [3.05, 3.63) is 24.0 Å². The summed E-state index contributed by atoms with van der Waals surface area (Å²) in [6, 6.07) is 0. The number of ether oxygens (including phenoxy) is 1. The van der Waals surface area contributed by atoms with E-state index in [2.05, 4.69) is 5.10 Å². The summed E-state index contributed by atoms with van der Waals surface area (Å²) in [6.07, 6.45) is 6.96. The third-order valence-electron chi connectivity index (χ3n) is 2.47. The van der Waals surface area contributed by atoms with E-state index in [1.807, 2.05) is 13.2 Å². The maximum Gasteiger partial charge on any atom is 0.246 e. The molecule has 0 aromatic carbocycles. The largest absolute Gasteiger partial charge is 0.378 e. The number of morpholine rings is 1. The van der Waals surface area contributed by atoms with Crippen molar-refractivity contribution in [2.45, 2.75) is 0 Å². The average Bonchev–Trinajstić information content (AvgIpc) is 2.73. The molecule has 0 spiro atoms. The molecule has 0 saturated carbocycles. The number of carbonyl (C=O) groups excluding carboxylic acids is 1. The van der Waals surface area contributed by atoms with Gasteiger partial charge in [0, 0.05) is 38.0 Å². The van der Waals surface area contributed by atoms with Gasteiger partial charge >= 0.3 is 0 Å². The topological polar surface area (TPSA) is 47.4 Å². The van der Waals surface area contributed by atoms with Gasteiger partial charge in [0.25, 0.3) is 0 Å². The van der Waals surface area contributed by atoms with Crippen LogP contribution in [0, 0.1) is 0 Å². The van der Waals surface area contributed by atoms with Crippen LogP contribution in [0.3, 0.4) is 0 Å². The van der Waals surface area contributed by atoms with Crippen LogP contribution >= 0.6 is 0 Å². The summed E-state index contributed by atoms with van der Waals surface area (Å²) in [5.74, 6) is 0.0344. The molecule has 1 aromatic rings. The van der Waals surface area contributed by atoms with E-state index in [4.69, 9.17) is 4.74 Å². The lowest BCUT2D eigenvalue weighted by molar-refractivity contribution is -0.129. The van der Waals surface area contributed by atoms with E-state index in [9.17, 15) is 4.79 Å². The molecule has 2 heterocycles. The molecule has 1 aliphatic heterocycles. The number of hydrogen-bond donors (Lipinski definition) is 0. The Bertz CT molecular complexity index is 392. The lowest BCUT2D eigenvalue weighted by Crippen LogP contribution is -2.39. The second kappa shape index (κ2) is 4.94. The summed E-state index contributed by atoms with van der Waals surface area (Å²) >= 11 is 0. The summed E-state index contributed by atoms with van der Waals surface area (Å²) in [4.78, 5) is 13.5. The van der Waals surface area contributed by atoms with Crippen molar-refractivity contribution < 1.29 is 9.53 Å². The first-order valence-corrected chi connectivity index (χ1v) is 5.29. The zero-order chi connectivity index (χ0) is 11.4. The molecule has 1 aliphatic rings. The van der Waals surface area contributed by atoms with Crippen molar-refractivity contribution in [3.63, 3.8) is 0 Å². The maximum absolute atomic E-state index is 11.7. The number of carbonyl (C=O) groups is 1. The Balaban J connectivity index is 1.93. The van der Waals surface area contributed by atoms with Crippen molar-refractivity contribution in [1.29, 1.82) is 0 Å². The SMILES string of the molecule is Cn1cc(/C=C\C(=O)N2CCOCC2)cn1. The van der Waals surface area contributed by atoms with Gasteiger partial charge in [-0.2, -0.15) is 5.10 Å². The number of aryl methyl sites for hydroxylation is 1. The quantitative estimate of drug-likeness (QED) is 0.674. The average molecular weight is 221 g/mol. The van der Waals surface area contributed by atoms with Crippen molar-refractivity contribution in [2.75, 3.05) is 26.3 Å². The molecule has 1 amide bonds. The molecule has 0 radical (unpaired) electrons. The molecule has 1 fully saturated rings. The molecule has 0 unspecified atom stereocenters. The number of rotatable bonds is 2. The van der Waals surface area contributed by atoms with Crippen LogP contribution in [0.2, 0.25) is 0 Å². The predicted octanol–water partition coefficient (Wildman–Crippen LogP) is 0.292. The predicted molar refractivity (Wildman–Crippen MR) is 59.6 cm³/mol. The van der Waals surface area contributed by atoms with Gasteiger partial charge in [0.2, 0.25) is 5.91 Å². The lowest BCUT2D eigenvalue weighted by Gasteiger charge is -2.25. The van der Waals surface area contributed by atoms with E-state index < -0.39 is 0 Å². The van der Waals surface area contributed by atoms with Crippen molar-refractivity contribution in [2.24, 2.45) is 7.05 Å². The van der Waals surface area contributed by atoms with E-state index in [0.29, 0.717) is 26.3 Å². The molecule has 86 valence electrons. The highest BCUT2D eigenvalue weighted by atomic mass is 16.5. The Kier molecular flexibility index (Phi) is 3.36. The molecular weight excluding hydrogens is 206 g/mol. The number of amides is 1. The first-order valence-electron chi connectivity index (χ1n) is 5.29. The third-order valence-corrected chi connectivity index (χ3v) is 2.47. The fourth-order valence-electron chi connectivity index (χ4n) is 1.58. The summed E-state index contributed by atoms with van der Waals surface area (Å²) in [5, 5.41) is 4.03. The second-order valence-electron chi connectivity index (χ2n) is 3.72. The van der Waals surface area contributed by atoms with E-state index >= 15 is 0 Å². The van der Waals surface area contributed by atoms with Crippen LogP contribution in [0.4, 0.5) is 0 Å². The Hall–Kier alpha value is -1.62. The van der Waals surface area contributed by atoms with Gasteiger partial charge in [-0.1, -0.05) is 0 Å². The molecule has 0 aliphatic carbocycles. The monoisotopic (exact) mass is 221 g/mol. The number of nitrogens with zero attached hydrogens (tertiary/aromatic N) is 3. The molecule has 0 N–H and O–H groups in total. The first kappa shape index (κ1) is 10.9. The Morgan fingerprint density at radius 2 is 2.25 bits per heavy atom. The molecule has 1 aromatic heterocycles. The van der Waals surface area contributed by atoms with Crippen LogP contribution in [0.15, 0.2) is 18.5 Å². The maximum atomic E-state index is 11.7. The van der Waals surface area contributed by atoms with Crippen LogP contribution in [-0.4, -0.2) is 46.9 Å². The summed E-state index contributed by atoms with van der Waals surface area (Å²) < 4.78 is 6.89. The molecule has 2 rings (SSSR count). The fraction of sp³-hybridized carbons (Fsp3) is 0.455. The van der Waals surface area contributed by atoms with Crippen molar-refractivity contribution in [1.82, 2.24) is 14.7 Å². The van der Waals surface area contributed by atoms with Crippen LogP contribution < -0.4 is 0 Å². The standard InChI is InChI=1S/C11H15N3O2/c1-13-9-10(8-12-13)2-3-11(15)14-4-6-16-7-5-14/h2-3,8-9H,4-7H2,1H3/b3-2-. The Morgan fingerprint density at radius 3 is 2.88 bits per heavy atom. The summed E-state index contributed by atoms with van der Waals surface area (Å²) in [6.45, 7) is 2.62. The first-order chi connectivity index (χ1) is 7.75. The van der Waals surface area contributed by atoms with Crippen LogP contribution in [0.5, 0.6) is 0 Å². The summed E-state index contributed by atoms with van der Waals surface area (Å²) in [5.41, 5.74) is 0.934. The highest BCUT2D eigenvalue weighted by Gasteiger charge is 2.13. The molecule has 16 heavy (non-hydrogen) atoms. The molecule has 0 bridgehead atoms. The molecule has 1 saturated heterocycles. The van der Waals surface area contributed by atoms with Crippen molar-refractivity contribution in [3.8, 4) is 0 Å². The molecule has 5 heteroatoms. The van der Waals surface area contributed by atoms with Gasteiger partial charge < -0.3 is 9.64 Å². The molecular formula is C11H15N3O2. The minimum absolute atomic E-state index is 0.0344. The van der Waals surface area contributed by atoms with Gasteiger partial charge in [-0.3, -0.25) is 9.48 Å². The van der Waals surface area contributed by atoms with Crippen LogP contribution in [-0.2, 0) is 16.6 Å². The van der Waals surface area contributed by atoms with Gasteiger partial charge in [0.15, 0.2) is 0 Å². The van der Waals surface area contributed by atoms with E-state index in [0.717, 1.165) is 5.56 Å². The molecule has 0 atom stereocenters. The molecule has 5 nitrogen and oxygen atoms in total. The summed E-state index contributed by atoms with van der Waals surface area (Å²) in [7, 11) is 1.85. The zero-order valence-corrected chi connectivity index (χ0v) is 9.30. The van der Waals surface area contributed by atoms with E-state index in [1.54, 1.807) is 27.9 Å². The Labute approximate surface area is 94.3 Å². The van der Waals surface area contributed by atoms with Crippen molar-refractivity contribution >= 4 is 12.0 Å². The highest BCUT2D eigenvalue weighted by molar-refractivity contribution is 5.91. The highest BCUT2D eigenvalue weighted by Crippen LogP contribution is 2.02. The van der Waals surface area contributed by atoms with Gasteiger partial charge in [-0.05, 0) is 6.08 Å². The fourth-order valence-corrected chi connectivity index (χ4v) is 1.58. The minimum atomic E-state index is 0.0344. The van der Waals surface area contributed by atoms with Crippen LogP contribution in [0.25, 0.3) is 6.08 Å². The van der Waals surface area contributed by atoms with E-state index in [-0.39, 0.29) is 5.91 Å². The number of hydrogen-bond acceptors (Lipinski definition) is 3. The van der Waals surface area contributed by atoms with E-state index in [1.165, 1.54) is 0 Å². The van der Waals surface area contributed by atoms with Gasteiger partial charge in [0.05, 0.1) is 19.4 Å². The normalized spacial score (nSPS) is 16.9. The van der Waals surface area contributed by atoms with Crippen LogP contribution in [0.1, 0.15) is 5.56 Å². The lowest BCUT2D eigenvalue weighted by atomic mass is 10.3. The van der Waals surface area contributed by atoms with Gasteiger partial charge in [0.1, 0.15) is 0 Å². The van der Waals surface area contributed by atoms with Gasteiger partial charge in [-0.25, -0.2) is 0 Å². The smallest absolute Gasteiger partial charge is 0.246 e. The van der Waals surface area contributed by atoms with Gasteiger partial charge in [-0.15, -0.1) is 0 Å². The minimum Gasteiger partial charge on any atom is -0.378 e. The Morgan fingerprint density at radius 1 is 1.50 bits per heavy atom. The number of aromatic nitrogens is 2. The third kappa shape index (κ3) is 2.70.